The Kier molecular flexibility index (Phi) is 7.84. The predicted molar refractivity (Wildman–Crippen MR) is 90.6 cm³/mol. The van der Waals surface area contributed by atoms with Crippen LogP contribution < -0.4 is 10.6 Å². The van der Waals surface area contributed by atoms with Crippen molar-refractivity contribution in [1.82, 2.24) is 15.6 Å². The maximum Gasteiger partial charge on any atom is 0.408 e. The van der Waals surface area contributed by atoms with Gasteiger partial charge in [0.1, 0.15) is 12.1 Å². The topological polar surface area (TPSA) is 107 Å². The Balaban J connectivity index is 2.63. The number of nitrogens with one attached hydrogen (secondary N) is 2. The molecule has 0 aliphatic heterocycles. The summed E-state index contributed by atoms with van der Waals surface area (Å²) in [4.78, 5) is 39.4. The SMILES string of the molecule is CCOC(=O)CC(NC(=O)CNC(=O)OC(C)(C)C)c1cccnc1. The van der Waals surface area contributed by atoms with Crippen LogP contribution in [0.5, 0.6) is 0 Å². The maximum absolute atomic E-state index is 12.1. The Bertz CT molecular complexity index is 584. The van der Waals surface area contributed by atoms with E-state index >= 15 is 0 Å². The van der Waals surface area contributed by atoms with Crippen LogP contribution in [0.2, 0.25) is 0 Å². The molecule has 1 unspecified atom stereocenters. The molecule has 0 aliphatic carbocycles. The number of carbonyl (C=O) groups is 3. The van der Waals surface area contributed by atoms with Crippen molar-refractivity contribution in [3.63, 3.8) is 0 Å². The van der Waals surface area contributed by atoms with Gasteiger partial charge in [0.15, 0.2) is 0 Å². The zero-order valence-electron chi connectivity index (χ0n) is 15.0. The van der Waals surface area contributed by atoms with Gasteiger partial charge in [-0.3, -0.25) is 14.6 Å². The summed E-state index contributed by atoms with van der Waals surface area (Å²) >= 11 is 0. The molecule has 8 heteroatoms. The van der Waals surface area contributed by atoms with Crippen LogP contribution in [0, 0.1) is 0 Å². The lowest BCUT2D eigenvalue weighted by Crippen LogP contribution is -2.41. The highest BCUT2D eigenvalue weighted by Gasteiger charge is 2.21. The minimum absolute atomic E-state index is 0.0300. The molecule has 0 spiro atoms. The summed E-state index contributed by atoms with van der Waals surface area (Å²) in [7, 11) is 0. The van der Waals surface area contributed by atoms with Crippen molar-refractivity contribution in [1.29, 1.82) is 0 Å². The van der Waals surface area contributed by atoms with E-state index in [0.29, 0.717) is 5.56 Å². The first-order chi connectivity index (χ1) is 11.7. The number of hydrogen-bond donors (Lipinski definition) is 2. The molecule has 0 fully saturated rings. The summed E-state index contributed by atoms with van der Waals surface area (Å²) in [5.41, 5.74) is 0.0177. The number of amides is 2. The Morgan fingerprint density at radius 3 is 2.56 bits per heavy atom. The second-order valence-corrected chi connectivity index (χ2v) is 6.27. The third-order valence-electron chi connectivity index (χ3n) is 2.89. The third kappa shape index (κ3) is 8.69. The number of rotatable bonds is 7. The van der Waals surface area contributed by atoms with Crippen molar-refractivity contribution < 1.29 is 23.9 Å². The molecular weight excluding hydrogens is 326 g/mol. The van der Waals surface area contributed by atoms with Gasteiger partial charge in [0, 0.05) is 12.4 Å². The lowest BCUT2D eigenvalue weighted by molar-refractivity contribution is -0.143. The quantitative estimate of drug-likeness (QED) is 0.725. The average molecular weight is 351 g/mol. The zero-order valence-corrected chi connectivity index (χ0v) is 15.0. The number of hydrogen-bond acceptors (Lipinski definition) is 6. The second kappa shape index (κ2) is 9.61. The van der Waals surface area contributed by atoms with Crippen LogP contribution in [0.25, 0.3) is 0 Å². The molecule has 0 bridgehead atoms. The zero-order chi connectivity index (χ0) is 18.9. The molecule has 0 saturated carbocycles. The van der Waals surface area contributed by atoms with Gasteiger partial charge in [-0.15, -0.1) is 0 Å². The molecule has 2 amide bonds. The van der Waals surface area contributed by atoms with E-state index in [4.69, 9.17) is 9.47 Å². The van der Waals surface area contributed by atoms with Gasteiger partial charge in [-0.2, -0.15) is 0 Å². The molecule has 0 aromatic carbocycles. The van der Waals surface area contributed by atoms with Crippen molar-refractivity contribution >= 4 is 18.0 Å². The highest BCUT2D eigenvalue weighted by atomic mass is 16.6. The van der Waals surface area contributed by atoms with E-state index in [1.807, 2.05) is 0 Å². The van der Waals surface area contributed by atoms with Crippen molar-refractivity contribution in [2.75, 3.05) is 13.2 Å². The van der Waals surface area contributed by atoms with Gasteiger partial charge in [0.05, 0.1) is 19.1 Å². The van der Waals surface area contributed by atoms with Crippen LogP contribution in [0.3, 0.4) is 0 Å². The molecule has 25 heavy (non-hydrogen) atoms. The largest absolute Gasteiger partial charge is 0.466 e. The van der Waals surface area contributed by atoms with Crippen molar-refractivity contribution in [2.24, 2.45) is 0 Å². The monoisotopic (exact) mass is 351 g/mol. The summed E-state index contributed by atoms with van der Waals surface area (Å²) in [6.07, 6.45) is 2.44. The van der Waals surface area contributed by atoms with Crippen molar-refractivity contribution in [3.05, 3.63) is 30.1 Å². The van der Waals surface area contributed by atoms with Gasteiger partial charge in [0.25, 0.3) is 0 Å². The highest BCUT2D eigenvalue weighted by molar-refractivity contribution is 5.83. The van der Waals surface area contributed by atoms with Crippen molar-refractivity contribution in [2.45, 2.75) is 45.8 Å². The molecule has 138 valence electrons. The summed E-state index contributed by atoms with van der Waals surface area (Å²) < 4.78 is 9.99. The molecule has 1 atom stereocenters. The summed E-state index contributed by atoms with van der Waals surface area (Å²) in [6.45, 7) is 6.88. The number of pyridine rings is 1. The average Bonchev–Trinajstić information content (AvgIpc) is 2.52. The molecule has 0 saturated heterocycles. The van der Waals surface area contributed by atoms with E-state index in [1.165, 1.54) is 0 Å². The molecule has 1 aromatic heterocycles. The van der Waals surface area contributed by atoms with Gasteiger partial charge >= 0.3 is 12.1 Å². The molecule has 0 radical (unpaired) electrons. The smallest absolute Gasteiger partial charge is 0.408 e. The number of esters is 1. The van der Waals surface area contributed by atoms with Crippen molar-refractivity contribution in [3.8, 4) is 0 Å². The van der Waals surface area contributed by atoms with Crippen LogP contribution in [0.15, 0.2) is 24.5 Å². The van der Waals surface area contributed by atoms with Crippen LogP contribution in [-0.2, 0) is 19.1 Å². The third-order valence-corrected chi connectivity index (χ3v) is 2.89. The molecular formula is C17H25N3O5. The fourth-order valence-electron chi connectivity index (χ4n) is 1.93. The Morgan fingerprint density at radius 2 is 2.00 bits per heavy atom. The highest BCUT2D eigenvalue weighted by Crippen LogP contribution is 2.16. The second-order valence-electron chi connectivity index (χ2n) is 6.27. The van der Waals surface area contributed by atoms with Crippen LogP contribution in [-0.4, -0.2) is 41.7 Å². The first kappa shape index (κ1) is 20.4. The fraction of sp³-hybridized carbons (Fsp3) is 0.529. The normalized spacial score (nSPS) is 12.0. The maximum atomic E-state index is 12.1. The van der Waals surface area contributed by atoms with Crippen LogP contribution >= 0.6 is 0 Å². The number of ether oxygens (including phenoxy) is 2. The minimum atomic E-state index is -0.689. The van der Waals surface area contributed by atoms with Gasteiger partial charge in [-0.25, -0.2) is 4.79 Å². The van der Waals surface area contributed by atoms with Crippen LogP contribution in [0.4, 0.5) is 4.79 Å². The fourth-order valence-corrected chi connectivity index (χ4v) is 1.93. The predicted octanol–water partition coefficient (Wildman–Crippen LogP) is 1.72. The van der Waals surface area contributed by atoms with Gasteiger partial charge in [-0.1, -0.05) is 6.07 Å². The van der Waals surface area contributed by atoms with Crippen LogP contribution in [0.1, 0.15) is 45.7 Å². The number of aromatic nitrogens is 1. The summed E-state index contributed by atoms with van der Waals surface area (Å²) in [6, 6.07) is 2.86. The standard InChI is InChI=1S/C17H25N3O5/c1-5-24-15(22)9-13(12-7-6-8-18-10-12)20-14(21)11-19-16(23)25-17(2,3)4/h6-8,10,13H,5,9,11H2,1-4H3,(H,19,23)(H,20,21). The molecule has 8 nitrogen and oxygen atoms in total. The van der Waals surface area contributed by atoms with E-state index in [1.54, 1.807) is 52.2 Å². The minimum Gasteiger partial charge on any atom is -0.466 e. The Hall–Kier alpha value is -2.64. The molecule has 0 aliphatic rings. The molecule has 1 aromatic rings. The lowest BCUT2D eigenvalue weighted by atomic mass is 10.1. The number of alkyl carbamates (subject to hydrolysis) is 1. The molecule has 2 N–H and O–H groups in total. The Morgan fingerprint density at radius 1 is 1.28 bits per heavy atom. The summed E-state index contributed by atoms with van der Waals surface area (Å²) in [5, 5.41) is 5.06. The van der Waals surface area contributed by atoms with Gasteiger partial charge in [-0.05, 0) is 39.3 Å². The number of carbonyl (C=O) groups excluding carboxylic acids is 3. The Labute approximate surface area is 147 Å². The first-order valence-electron chi connectivity index (χ1n) is 8.03. The summed E-state index contributed by atoms with van der Waals surface area (Å²) in [5.74, 6) is -0.888. The van der Waals surface area contributed by atoms with Gasteiger partial charge in [0.2, 0.25) is 5.91 Å². The lowest BCUT2D eigenvalue weighted by Gasteiger charge is -2.21. The molecule has 1 heterocycles. The van der Waals surface area contributed by atoms with E-state index in [0.717, 1.165) is 0 Å². The first-order valence-corrected chi connectivity index (χ1v) is 8.03. The van der Waals surface area contributed by atoms with Gasteiger partial charge < -0.3 is 20.1 Å². The van der Waals surface area contributed by atoms with E-state index in [9.17, 15) is 14.4 Å². The van der Waals surface area contributed by atoms with E-state index in [-0.39, 0.29) is 19.6 Å². The number of nitrogens with zero attached hydrogens (tertiary/aromatic N) is 1. The van der Waals surface area contributed by atoms with E-state index < -0.39 is 29.6 Å². The van der Waals surface area contributed by atoms with E-state index in [2.05, 4.69) is 15.6 Å². The molecule has 1 rings (SSSR count).